The Kier molecular flexibility index (Phi) is 7.49. The van der Waals surface area contributed by atoms with E-state index in [0.29, 0.717) is 22.1 Å². The molecule has 0 aliphatic rings. The number of halogens is 1. The molecule has 0 radical (unpaired) electrons. The summed E-state index contributed by atoms with van der Waals surface area (Å²) in [5.74, 6) is 0.353. The summed E-state index contributed by atoms with van der Waals surface area (Å²) in [6, 6.07) is 12.3. The number of hydrogen-bond acceptors (Lipinski definition) is 5. The van der Waals surface area contributed by atoms with Gasteiger partial charge in [-0.2, -0.15) is 0 Å². The van der Waals surface area contributed by atoms with Crippen LogP contribution in [-0.2, 0) is 16.1 Å². The Morgan fingerprint density at radius 3 is 2.48 bits per heavy atom. The number of esters is 1. The summed E-state index contributed by atoms with van der Waals surface area (Å²) in [4.78, 5) is 25.2. The van der Waals surface area contributed by atoms with Gasteiger partial charge in [-0.25, -0.2) is 0 Å². The zero-order valence-corrected chi connectivity index (χ0v) is 16.3. The highest BCUT2D eigenvalue weighted by atomic mass is 35.5. The molecule has 0 saturated carbocycles. The number of hydrogen-bond donors (Lipinski definition) is 0. The Labute approximate surface area is 163 Å². The zero-order valence-electron chi connectivity index (χ0n) is 15.5. The highest BCUT2D eigenvalue weighted by Gasteiger charge is 2.16. The average Bonchev–Trinajstić information content (AvgIpc) is 2.70. The highest BCUT2D eigenvalue weighted by Crippen LogP contribution is 2.30. The van der Waals surface area contributed by atoms with Gasteiger partial charge < -0.3 is 19.1 Å². The number of carbonyl (C=O) groups excluding carboxylic acids is 2. The van der Waals surface area contributed by atoms with Gasteiger partial charge in [0.25, 0.3) is 5.91 Å². The number of methoxy groups -OCH3 is 2. The summed E-state index contributed by atoms with van der Waals surface area (Å²) in [6.45, 7) is 0.543. The molecular formula is C20H22ClNO5. The van der Waals surface area contributed by atoms with Gasteiger partial charge in [0.1, 0.15) is 6.61 Å². The first-order chi connectivity index (χ1) is 13.0. The van der Waals surface area contributed by atoms with E-state index in [-0.39, 0.29) is 31.4 Å². The van der Waals surface area contributed by atoms with Gasteiger partial charge in [-0.1, -0.05) is 29.8 Å². The van der Waals surface area contributed by atoms with Crippen molar-refractivity contribution in [3.05, 3.63) is 58.6 Å². The predicted octanol–water partition coefficient (Wildman–Crippen LogP) is 3.56. The smallest absolute Gasteiger partial charge is 0.307 e. The minimum atomic E-state index is -0.365. The lowest BCUT2D eigenvalue weighted by Gasteiger charge is -2.18. The third-order valence-electron chi connectivity index (χ3n) is 3.98. The molecule has 7 heteroatoms. The van der Waals surface area contributed by atoms with Gasteiger partial charge >= 0.3 is 5.97 Å². The Morgan fingerprint density at radius 1 is 1.07 bits per heavy atom. The second-order valence-electron chi connectivity index (χ2n) is 5.80. The Balaban J connectivity index is 2.07. The van der Waals surface area contributed by atoms with E-state index in [1.807, 2.05) is 18.2 Å². The van der Waals surface area contributed by atoms with Gasteiger partial charge in [-0.15, -0.1) is 0 Å². The van der Waals surface area contributed by atoms with Crippen LogP contribution in [0.5, 0.6) is 11.5 Å². The van der Waals surface area contributed by atoms with Crippen molar-refractivity contribution in [3.63, 3.8) is 0 Å². The summed E-state index contributed by atoms with van der Waals surface area (Å²) < 4.78 is 15.7. The van der Waals surface area contributed by atoms with Gasteiger partial charge in [-0.05, 0) is 24.3 Å². The van der Waals surface area contributed by atoms with Gasteiger partial charge in [0.2, 0.25) is 0 Å². The van der Waals surface area contributed by atoms with Crippen LogP contribution >= 0.6 is 11.6 Å². The van der Waals surface area contributed by atoms with Crippen LogP contribution in [0.4, 0.5) is 0 Å². The molecule has 0 heterocycles. The summed E-state index contributed by atoms with van der Waals surface area (Å²) in [7, 11) is 4.45. The molecule has 0 saturated heterocycles. The van der Waals surface area contributed by atoms with Crippen molar-refractivity contribution < 1.29 is 23.8 Å². The number of amides is 1. The van der Waals surface area contributed by atoms with Crippen LogP contribution < -0.4 is 9.47 Å². The summed E-state index contributed by atoms with van der Waals surface area (Å²) in [5, 5.41) is 0.621. The highest BCUT2D eigenvalue weighted by molar-refractivity contribution is 6.31. The minimum Gasteiger partial charge on any atom is -0.493 e. The topological polar surface area (TPSA) is 65.1 Å². The van der Waals surface area contributed by atoms with Crippen molar-refractivity contribution in [2.24, 2.45) is 0 Å². The third-order valence-corrected chi connectivity index (χ3v) is 4.35. The molecule has 144 valence electrons. The number of benzene rings is 2. The van der Waals surface area contributed by atoms with E-state index in [4.69, 9.17) is 21.1 Å². The molecular weight excluding hydrogens is 370 g/mol. The molecule has 2 rings (SSSR count). The maximum atomic E-state index is 12.5. The predicted molar refractivity (Wildman–Crippen MR) is 102 cm³/mol. The zero-order chi connectivity index (χ0) is 19.8. The Morgan fingerprint density at radius 2 is 1.81 bits per heavy atom. The first-order valence-corrected chi connectivity index (χ1v) is 8.70. The molecule has 6 nitrogen and oxygen atoms in total. The van der Waals surface area contributed by atoms with E-state index >= 15 is 0 Å². The molecule has 0 N–H and O–H groups in total. The van der Waals surface area contributed by atoms with Gasteiger partial charge in [0, 0.05) is 29.7 Å². The van der Waals surface area contributed by atoms with Crippen LogP contribution in [0, 0.1) is 0 Å². The van der Waals surface area contributed by atoms with Crippen LogP contribution in [0.25, 0.3) is 0 Å². The summed E-state index contributed by atoms with van der Waals surface area (Å²) in [6.07, 6.45) is 0.134. The average molecular weight is 392 g/mol. The molecule has 0 unspecified atom stereocenters. The van der Waals surface area contributed by atoms with Crippen LogP contribution in [0.3, 0.4) is 0 Å². The SMILES string of the molecule is COC(=O)CCN(C)C(=O)c1ccc(OCc2ccccc2Cl)c(OC)c1. The lowest BCUT2D eigenvalue weighted by atomic mass is 10.1. The molecule has 2 aromatic rings. The second kappa shape index (κ2) is 9.83. The first kappa shape index (κ1) is 20.6. The van der Waals surface area contributed by atoms with Crippen molar-refractivity contribution >= 4 is 23.5 Å². The monoisotopic (exact) mass is 391 g/mol. The van der Waals surface area contributed by atoms with Crippen LogP contribution in [-0.4, -0.2) is 44.6 Å². The van der Waals surface area contributed by atoms with Crippen molar-refractivity contribution in [2.45, 2.75) is 13.0 Å². The molecule has 27 heavy (non-hydrogen) atoms. The molecule has 0 spiro atoms. The van der Waals surface area contributed by atoms with Crippen molar-refractivity contribution in [3.8, 4) is 11.5 Å². The fourth-order valence-electron chi connectivity index (χ4n) is 2.37. The lowest BCUT2D eigenvalue weighted by Crippen LogP contribution is -2.29. The molecule has 0 fully saturated rings. The molecule has 0 aliphatic carbocycles. The normalized spacial score (nSPS) is 10.2. The molecule has 0 bridgehead atoms. The van der Waals surface area contributed by atoms with E-state index in [0.717, 1.165) is 5.56 Å². The minimum absolute atomic E-state index is 0.134. The maximum Gasteiger partial charge on any atom is 0.307 e. The molecule has 2 aromatic carbocycles. The summed E-state index contributed by atoms with van der Waals surface area (Å²) in [5.41, 5.74) is 1.29. The van der Waals surface area contributed by atoms with E-state index in [2.05, 4.69) is 4.74 Å². The van der Waals surface area contributed by atoms with Crippen molar-refractivity contribution in [1.82, 2.24) is 4.90 Å². The van der Waals surface area contributed by atoms with Crippen molar-refractivity contribution in [1.29, 1.82) is 0 Å². The van der Waals surface area contributed by atoms with Gasteiger partial charge in [0.15, 0.2) is 11.5 Å². The quantitative estimate of drug-likeness (QED) is 0.644. The first-order valence-electron chi connectivity index (χ1n) is 8.32. The molecule has 1 amide bonds. The molecule has 0 atom stereocenters. The summed E-state index contributed by atoms with van der Waals surface area (Å²) >= 11 is 6.13. The van der Waals surface area contributed by atoms with Crippen LogP contribution in [0.1, 0.15) is 22.3 Å². The van der Waals surface area contributed by atoms with E-state index in [1.54, 1.807) is 31.3 Å². The Bertz CT molecular complexity index is 809. The van der Waals surface area contributed by atoms with Crippen LogP contribution in [0.15, 0.2) is 42.5 Å². The molecule has 0 aliphatic heterocycles. The fourth-order valence-corrected chi connectivity index (χ4v) is 2.56. The van der Waals surface area contributed by atoms with Crippen LogP contribution in [0.2, 0.25) is 5.02 Å². The Hall–Kier alpha value is -2.73. The molecule has 0 aromatic heterocycles. The van der Waals surface area contributed by atoms with E-state index in [9.17, 15) is 9.59 Å². The van der Waals surface area contributed by atoms with E-state index in [1.165, 1.54) is 19.1 Å². The number of carbonyl (C=O) groups is 2. The largest absolute Gasteiger partial charge is 0.493 e. The number of ether oxygens (including phenoxy) is 3. The second-order valence-corrected chi connectivity index (χ2v) is 6.21. The fraction of sp³-hybridized carbons (Fsp3) is 0.300. The maximum absolute atomic E-state index is 12.5. The van der Waals surface area contributed by atoms with E-state index < -0.39 is 0 Å². The number of nitrogens with zero attached hydrogens (tertiary/aromatic N) is 1. The lowest BCUT2D eigenvalue weighted by molar-refractivity contribution is -0.140. The third kappa shape index (κ3) is 5.62. The number of rotatable bonds is 8. The van der Waals surface area contributed by atoms with Crippen molar-refractivity contribution in [2.75, 3.05) is 27.8 Å². The van der Waals surface area contributed by atoms with Gasteiger partial charge in [-0.3, -0.25) is 9.59 Å². The van der Waals surface area contributed by atoms with Gasteiger partial charge in [0.05, 0.1) is 20.6 Å². The standard InChI is InChI=1S/C20H22ClNO5/c1-22(11-10-19(23)26-3)20(24)14-8-9-17(18(12-14)25-2)27-13-15-6-4-5-7-16(15)21/h4-9,12H,10-11,13H2,1-3H3.